The second-order valence-corrected chi connectivity index (χ2v) is 8.58. The van der Waals surface area contributed by atoms with Gasteiger partial charge in [0.25, 0.3) is 11.8 Å². The Labute approximate surface area is 170 Å². The van der Waals surface area contributed by atoms with Gasteiger partial charge < -0.3 is 10.2 Å². The van der Waals surface area contributed by atoms with Crippen LogP contribution in [0.1, 0.15) is 66.2 Å². The van der Waals surface area contributed by atoms with Crippen molar-refractivity contribution in [3.63, 3.8) is 0 Å². The van der Waals surface area contributed by atoms with Gasteiger partial charge in [-0.05, 0) is 50.1 Å². The fraction of sp³-hybridized carbons (Fsp3) is 0.391. The molecule has 0 aromatic heterocycles. The van der Waals surface area contributed by atoms with E-state index in [-0.39, 0.29) is 17.9 Å². The lowest BCUT2D eigenvalue weighted by Crippen LogP contribution is -2.35. The van der Waals surface area contributed by atoms with Crippen LogP contribution < -0.4 is 10.2 Å². The van der Waals surface area contributed by atoms with E-state index in [0.29, 0.717) is 12.1 Å². The molecule has 4 nitrogen and oxygen atoms in total. The van der Waals surface area contributed by atoms with Gasteiger partial charge in [0.15, 0.2) is 0 Å². The van der Waals surface area contributed by atoms with Crippen LogP contribution in [0, 0.1) is 0 Å². The lowest BCUT2D eigenvalue weighted by molar-refractivity contribution is 0.0931. The standard InChI is InChI=1S/C23H26N2O2S/c1-2-25-19-15-16(22(26)24-17-9-5-3-4-6-10-17)13-14-21(19)28-20-12-8-7-11-18(20)23(25)27/h7-8,11-15,17H,2-6,9-10H2,1H3,(H,24,26). The molecule has 2 aromatic carbocycles. The van der Waals surface area contributed by atoms with Gasteiger partial charge >= 0.3 is 0 Å². The number of amides is 2. The van der Waals surface area contributed by atoms with Crippen molar-refractivity contribution in [1.82, 2.24) is 5.32 Å². The molecule has 0 atom stereocenters. The summed E-state index contributed by atoms with van der Waals surface area (Å²) in [6, 6.07) is 13.7. The maximum Gasteiger partial charge on any atom is 0.259 e. The lowest BCUT2D eigenvalue weighted by Gasteiger charge is -2.22. The van der Waals surface area contributed by atoms with E-state index in [9.17, 15) is 9.59 Å². The van der Waals surface area contributed by atoms with E-state index in [1.54, 1.807) is 16.7 Å². The molecule has 1 heterocycles. The first-order valence-electron chi connectivity index (χ1n) is 10.2. The molecule has 0 spiro atoms. The summed E-state index contributed by atoms with van der Waals surface area (Å²) >= 11 is 1.59. The van der Waals surface area contributed by atoms with E-state index in [1.165, 1.54) is 25.7 Å². The first-order valence-corrected chi connectivity index (χ1v) is 11.0. The average Bonchev–Trinajstić information content (AvgIpc) is 3.03. The van der Waals surface area contributed by atoms with Crippen molar-refractivity contribution in [2.45, 2.75) is 61.3 Å². The zero-order valence-corrected chi connectivity index (χ0v) is 17.1. The zero-order valence-electron chi connectivity index (χ0n) is 16.2. The number of nitrogens with zero attached hydrogens (tertiary/aromatic N) is 1. The van der Waals surface area contributed by atoms with E-state index in [1.807, 2.05) is 49.4 Å². The van der Waals surface area contributed by atoms with Crippen molar-refractivity contribution in [3.05, 3.63) is 53.6 Å². The molecule has 2 amide bonds. The van der Waals surface area contributed by atoms with Crippen molar-refractivity contribution < 1.29 is 9.59 Å². The quantitative estimate of drug-likeness (QED) is 0.722. The molecule has 1 fully saturated rings. The van der Waals surface area contributed by atoms with E-state index in [0.717, 1.165) is 33.9 Å². The molecular weight excluding hydrogens is 368 g/mol. The summed E-state index contributed by atoms with van der Waals surface area (Å²) in [5, 5.41) is 3.21. The third kappa shape index (κ3) is 3.81. The highest BCUT2D eigenvalue weighted by atomic mass is 32.2. The Kier molecular flexibility index (Phi) is 5.72. The van der Waals surface area contributed by atoms with Crippen molar-refractivity contribution in [1.29, 1.82) is 0 Å². The minimum atomic E-state index is -0.0371. The van der Waals surface area contributed by atoms with Crippen molar-refractivity contribution in [3.8, 4) is 0 Å². The summed E-state index contributed by atoms with van der Waals surface area (Å²) in [4.78, 5) is 29.7. The van der Waals surface area contributed by atoms with Gasteiger partial charge in [-0.15, -0.1) is 0 Å². The summed E-state index contributed by atoms with van der Waals surface area (Å²) < 4.78 is 0. The van der Waals surface area contributed by atoms with Gasteiger partial charge in [0, 0.05) is 27.9 Å². The Bertz CT molecular complexity index is 888. The molecule has 146 valence electrons. The normalized spacial score (nSPS) is 17.3. The molecule has 2 aliphatic rings. The van der Waals surface area contributed by atoms with Gasteiger partial charge in [0.2, 0.25) is 0 Å². The number of hydrogen-bond donors (Lipinski definition) is 1. The van der Waals surface area contributed by atoms with Crippen LogP contribution in [0.4, 0.5) is 5.69 Å². The largest absolute Gasteiger partial charge is 0.349 e. The van der Waals surface area contributed by atoms with Crippen molar-refractivity contribution in [2.24, 2.45) is 0 Å². The second kappa shape index (κ2) is 8.39. The van der Waals surface area contributed by atoms with Gasteiger partial charge in [-0.25, -0.2) is 0 Å². The Balaban J connectivity index is 1.63. The third-order valence-electron chi connectivity index (χ3n) is 5.60. The third-order valence-corrected chi connectivity index (χ3v) is 6.74. The molecule has 0 unspecified atom stereocenters. The van der Waals surface area contributed by atoms with Gasteiger partial charge in [0.05, 0.1) is 11.3 Å². The monoisotopic (exact) mass is 394 g/mol. The van der Waals surface area contributed by atoms with Gasteiger partial charge in [-0.3, -0.25) is 9.59 Å². The molecule has 28 heavy (non-hydrogen) atoms. The lowest BCUT2D eigenvalue weighted by atomic mass is 10.1. The molecule has 1 N–H and O–H groups in total. The fourth-order valence-electron chi connectivity index (χ4n) is 4.07. The van der Waals surface area contributed by atoms with Crippen LogP contribution in [0.3, 0.4) is 0 Å². The highest BCUT2D eigenvalue weighted by molar-refractivity contribution is 7.99. The topological polar surface area (TPSA) is 49.4 Å². The van der Waals surface area contributed by atoms with Crippen LogP contribution in [0.15, 0.2) is 52.3 Å². The van der Waals surface area contributed by atoms with Crippen LogP contribution in [0.2, 0.25) is 0 Å². The summed E-state index contributed by atoms with van der Waals surface area (Å²) in [5.74, 6) is -0.0457. The number of benzene rings is 2. The minimum Gasteiger partial charge on any atom is -0.349 e. The summed E-state index contributed by atoms with van der Waals surface area (Å²) in [6.07, 6.45) is 7.00. The summed E-state index contributed by atoms with van der Waals surface area (Å²) in [7, 11) is 0. The Hall–Kier alpha value is -2.27. The molecule has 0 saturated heterocycles. The Morgan fingerprint density at radius 2 is 1.82 bits per heavy atom. The van der Waals surface area contributed by atoms with E-state index >= 15 is 0 Å². The number of hydrogen-bond acceptors (Lipinski definition) is 3. The van der Waals surface area contributed by atoms with E-state index in [2.05, 4.69) is 5.32 Å². The molecule has 5 heteroatoms. The average molecular weight is 395 g/mol. The van der Waals surface area contributed by atoms with Crippen LogP contribution in [0.25, 0.3) is 0 Å². The highest BCUT2D eigenvalue weighted by Crippen LogP contribution is 2.41. The molecule has 1 saturated carbocycles. The molecular formula is C23H26N2O2S. The molecule has 2 aromatic rings. The first kappa shape index (κ1) is 19.1. The smallest absolute Gasteiger partial charge is 0.259 e. The van der Waals surface area contributed by atoms with Crippen molar-refractivity contribution >= 4 is 29.3 Å². The number of rotatable bonds is 3. The van der Waals surface area contributed by atoms with Gasteiger partial charge in [-0.1, -0.05) is 49.6 Å². The SMILES string of the molecule is CCN1C(=O)c2ccccc2Sc2ccc(C(=O)NC3CCCCCC3)cc21. The molecule has 1 aliphatic heterocycles. The number of carbonyl (C=O) groups excluding carboxylic acids is 2. The summed E-state index contributed by atoms with van der Waals surface area (Å²) in [5.41, 5.74) is 2.16. The number of fused-ring (bicyclic) bond motifs is 2. The molecule has 1 aliphatic carbocycles. The minimum absolute atomic E-state index is 0.00863. The predicted octanol–water partition coefficient (Wildman–Crippen LogP) is 5.27. The molecule has 0 radical (unpaired) electrons. The Morgan fingerprint density at radius 3 is 2.57 bits per heavy atom. The van der Waals surface area contributed by atoms with Crippen LogP contribution in [-0.4, -0.2) is 24.4 Å². The van der Waals surface area contributed by atoms with Crippen LogP contribution in [0.5, 0.6) is 0 Å². The number of anilines is 1. The van der Waals surface area contributed by atoms with Gasteiger partial charge in [-0.2, -0.15) is 0 Å². The van der Waals surface area contributed by atoms with E-state index in [4.69, 9.17) is 0 Å². The van der Waals surface area contributed by atoms with E-state index < -0.39 is 0 Å². The molecule has 0 bridgehead atoms. The maximum atomic E-state index is 13.1. The predicted molar refractivity (Wildman–Crippen MR) is 113 cm³/mol. The van der Waals surface area contributed by atoms with Crippen LogP contribution >= 0.6 is 11.8 Å². The summed E-state index contributed by atoms with van der Waals surface area (Å²) in [6.45, 7) is 2.53. The van der Waals surface area contributed by atoms with Crippen LogP contribution in [-0.2, 0) is 0 Å². The highest BCUT2D eigenvalue weighted by Gasteiger charge is 2.27. The second-order valence-electron chi connectivity index (χ2n) is 7.49. The van der Waals surface area contributed by atoms with Gasteiger partial charge in [0.1, 0.15) is 0 Å². The zero-order chi connectivity index (χ0) is 19.5. The fourth-order valence-corrected chi connectivity index (χ4v) is 5.13. The maximum absolute atomic E-state index is 13.1. The van der Waals surface area contributed by atoms with Crippen molar-refractivity contribution in [2.75, 3.05) is 11.4 Å². The first-order chi connectivity index (χ1) is 13.7. The molecule has 4 rings (SSSR count). The Morgan fingerprint density at radius 1 is 1.07 bits per heavy atom. The number of nitrogens with one attached hydrogen (secondary N) is 1. The number of carbonyl (C=O) groups is 2.